The molecule has 1 atom stereocenters. The number of nitro groups is 1. The third-order valence-corrected chi connectivity index (χ3v) is 4.55. The second-order valence-corrected chi connectivity index (χ2v) is 6.11. The Kier molecular flexibility index (Phi) is 4.64. The maximum atomic E-state index is 10.7. The van der Waals surface area contributed by atoms with E-state index in [0.717, 1.165) is 21.8 Å². The monoisotopic (exact) mass is 335 g/mol. The molecule has 118 valence electrons. The topological polar surface area (TPSA) is 79.8 Å². The first kappa shape index (κ1) is 15.8. The third kappa shape index (κ3) is 3.47. The van der Waals surface area contributed by atoms with Crippen LogP contribution in [0.1, 0.15) is 17.2 Å². The van der Waals surface area contributed by atoms with Crippen molar-refractivity contribution < 1.29 is 4.92 Å². The average Bonchev–Trinajstić information content (AvgIpc) is 3.11. The van der Waals surface area contributed by atoms with Crippen LogP contribution in [0, 0.1) is 21.4 Å². The van der Waals surface area contributed by atoms with Gasteiger partial charge in [-0.1, -0.05) is 42.5 Å². The lowest BCUT2D eigenvalue weighted by Crippen LogP contribution is -2.01. The maximum absolute atomic E-state index is 10.7. The SMILES string of the molecule is N#C[C@@H](Cc1ccc([N+](=O)[O-])cc1)c1csc(-c2ccccc2)n1. The molecule has 0 N–H and O–H groups in total. The second-order valence-electron chi connectivity index (χ2n) is 5.25. The van der Waals surface area contributed by atoms with Crippen LogP contribution in [0.4, 0.5) is 5.69 Å². The maximum Gasteiger partial charge on any atom is 0.269 e. The number of rotatable bonds is 5. The van der Waals surface area contributed by atoms with Crippen molar-refractivity contribution >= 4 is 17.0 Å². The molecule has 1 heterocycles. The molecule has 2 aromatic carbocycles. The number of non-ortho nitro benzene ring substituents is 1. The van der Waals surface area contributed by atoms with E-state index in [1.54, 1.807) is 12.1 Å². The summed E-state index contributed by atoms with van der Waals surface area (Å²) in [4.78, 5) is 14.8. The molecule has 0 bridgehead atoms. The highest BCUT2D eigenvalue weighted by molar-refractivity contribution is 7.13. The van der Waals surface area contributed by atoms with Crippen molar-refractivity contribution in [2.45, 2.75) is 12.3 Å². The van der Waals surface area contributed by atoms with E-state index in [1.165, 1.54) is 23.5 Å². The van der Waals surface area contributed by atoms with Crippen LogP contribution >= 0.6 is 11.3 Å². The Morgan fingerprint density at radius 2 is 1.88 bits per heavy atom. The van der Waals surface area contributed by atoms with Crippen molar-refractivity contribution in [1.29, 1.82) is 5.26 Å². The largest absolute Gasteiger partial charge is 0.269 e. The van der Waals surface area contributed by atoms with Crippen LogP contribution in [0.3, 0.4) is 0 Å². The lowest BCUT2D eigenvalue weighted by Gasteiger charge is -2.06. The van der Waals surface area contributed by atoms with Gasteiger partial charge in [-0.15, -0.1) is 11.3 Å². The number of nitro benzene ring substituents is 1. The van der Waals surface area contributed by atoms with E-state index >= 15 is 0 Å². The van der Waals surface area contributed by atoms with Crippen LogP contribution in [0.2, 0.25) is 0 Å². The molecule has 0 radical (unpaired) electrons. The van der Waals surface area contributed by atoms with E-state index in [-0.39, 0.29) is 11.6 Å². The fraction of sp³-hybridized carbons (Fsp3) is 0.111. The molecule has 0 saturated heterocycles. The Labute approximate surface area is 143 Å². The van der Waals surface area contributed by atoms with Gasteiger partial charge < -0.3 is 0 Å². The van der Waals surface area contributed by atoms with Crippen LogP contribution < -0.4 is 0 Å². The van der Waals surface area contributed by atoms with Gasteiger partial charge in [0.1, 0.15) is 5.01 Å². The van der Waals surface area contributed by atoms with Crippen molar-refractivity contribution in [3.63, 3.8) is 0 Å². The molecule has 1 aromatic heterocycles. The summed E-state index contributed by atoms with van der Waals surface area (Å²) in [6, 6.07) is 18.4. The van der Waals surface area contributed by atoms with Gasteiger partial charge in [-0.25, -0.2) is 4.98 Å². The van der Waals surface area contributed by atoms with E-state index in [4.69, 9.17) is 0 Å². The molecule has 3 aromatic rings. The molecular formula is C18H13N3O2S. The fourth-order valence-electron chi connectivity index (χ4n) is 2.37. The van der Waals surface area contributed by atoms with E-state index < -0.39 is 4.92 Å². The molecule has 3 rings (SSSR count). The highest BCUT2D eigenvalue weighted by Gasteiger charge is 2.16. The number of hydrogen-bond acceptors (Lipinski definition) is 5. The van der Waals surface area contributed by atoms with Gasteiger partial charge in [0, 0.05) is 23.1 Å². The van der Waals surface area contributed by atoms with Crippen molar-refractivity contribution in [3.05, 3.63) is 81.3 Å². The van der Waals surface area contributed by atoms with E-state index in [9.17, 15) is 15.4 Å². The van der Waals surface area contributed by atoms with Gasteiger partial charge in [-0.3, -0.25) is 10.1 Å². The third-order valence-electron chi connectivity index (χ3n) is 3.64. The number of benzene rings is 2. The first-order chi connectivity index (χ1) is 11.7. The molecule has 0 aliphatic carbocycles. The molecule has 0 saturated carbocycles. The van der Waals surface area contributed by atoms with Crippen molar-refractivity contribution in [2.24, 2.45) is 0 Å². The highest BCUT2D eigenvalue weighted by atomic mass is 32.1. The molecule has 0 aliphatic rings. The summed E-state index contributed by atoms with van der Waals surface area (Å²) < 4.78 is 0. The van der Waals surface area contributed by atoms with Crippen molar-refractivity contribution in [2.75, 3.05) is 0 Å². The van der Waals surface area contributed by atoms with Gasteiger partial charge in [0.05, 0.1) is 22.6 Å². The first-order valence-electron chi connectivity index (χ1n) is 7.31. The summed E-state index contributed by atoms with van der Waals surface area (Å²) in [6.07, 6.45) is 0.479. The zero-order chi connectivity index (χ0) is 16.9. The molecule has 0 aliphatic heterocycles. The lowest BCUT2D eigenvalue weighted by atomic mass is 9.98. The lowest BCUT2D eigenvalue weighted by molar-refractivity contribution is -0.384. The van der Waals surface area contributed by atoms with Crippen molar-refractivity contribution in [1.82, 2.24) is 4.98 Å². The van der Waals surface area contributed by atoms with Crippen LogP contribution in [-0.2, 0) is 6.42 Å². The Hall–Kier alpha value is -3.04. The molecular weight excluding hydrogens is 322 g/mol. The van der Waals surface area contributed by atoms with Crippen LogP contribution in [0.25, 0.3) is 10.6 Å². The fourth-order valence-corrected chi connectivity index (χ4v) is 3.24. The molecule has 24 heavy (non-hydrogen) atoms. The van der Waals surface area contributed by atoms with Gasteiger partial charge >= 0.3 is 0 Å². The molecule has 0 fully saturated rings. The molecule has 5 nitrogen and oxygen atoms in total. The predicted molar refractivity (Wildman–Crippen MR) is 92.7 cm³/mol. The normalized spacial score (nSPS) is 11.6. The van der Waals surface area contributed by atoms with Crippen LogP contribution in [0.15, 0.2) is 60.0 Å². The summed E-state index contributed by atoms with van der Waals surface area (Å²) in [5.74, 6) is -0.375. The number of thiazole rings is 1. The number of nitriles is 1. The minimum absolute atomic E-state index is 0.0484. The van der Waals surface area contributed by atoms with Gasteiger partial charge in [0.2, 0.25) is 0 Å². The Morgan fingerprint density at radius 3 is 2.50 bits per heavy atom. The van der Waals surface area contributed by atoms with Gasteiger partial charge in [0.15, 0.2) is 0 Å². The Balaban J connectivity index is 1.78. The zero-order valence-electron chi connectivity index (χ0n) is 12.6. The first-order valence-corrected chi connectivity index (χ1v) is 8.19. The standard InChI is InChI=1S/C18H13N3O2S/c19-11-15(10-13-6-8-16(9-7-13)21(22)23)17-12-24-18(20-17)14-4-2-1-3-5-14/h1-9,12,15H,10H2/t15-/m1/s1. The second kappa shape index (κ2) is 7.02. The quantitative estimate of drug-likeness (QED) is 0.505. The highest BCUT2D eigenvalue weighted by Crippen LogP contribution is 2.28. The summed E-state index contributed by atoms with van der Waals surface area (Å²) in [5.41, 5.74) is 2.69. The number of hydrogen-bond donors (Lipinski definition) is 0. The van der Waals surface area contributed by atoms with Crippen LogP contribution in [-0.4, -0.2) is 9.91 Å². The minimum Gasteiger partial charge on any atom is -0.258 e. The van der Waals surface area contributed by atoms with Crippen molar-refractivity contribution in [3.8, 4) is 16.6 Å². The smallest absolute Gasteiger partial charge is 0.258 e. The molecule has 0 amide bonds. The molecule has 6 heteroatoms. The van der Waals surface area contributed by atoms with Gasteiger partial charge in [-0.05, 0) is 12.0 Å². The predicted octanol–water partition coefficient (Wildman–Crippen LogP) is 4.57. The average molecular weight is 335 g/mol. The molecule has 0 unspecified atom stereocenters. The van der Waals surface area contributed by atoms with E-state index in [1.807, 2.05) is 35.7 Å². The Morgan fingerprint density at radius 1 is 1.17 bits per heavy atom. The van der Waals surface area contributed by atoms with E-state index in [0.29, 0.717) is 6.42 Å². The summed E-state index contributed by atoms with van der Waals surface area (Å²) in [5, 5.41) is 23.0. The summed E-state index contributed by atoms with van der Waals surface area (Å²) in [6.45, 7) is 0. The van der Waals surface area contributed by atoms with E-state index in [2.05, 4.69) is 11.1 Å². The summed E-state index contributed by atoms with van der Waals surface area (Å²) in [7, 11) is 0. The summed E-state index contributed by atoms with van der Waals surface area (Å²) >= 11 is 1.51. The van der Waals surface area contributed by atoms with Crippen LogP contribution in [0.5, 0.6) is 0 Å². The number of aromatic nitrogens is 1. The van der Waals surface area contributed by atoms with Gasteiger partial charge in [-0.2, -0.15) is 5.26 Å². The minimum atomic E-state index is -0.432. The van der Waals surface area contributed by atoms with Gasteiger partial charge in [0.25, 0.3) is 5.69 Å². The molecule has 0 spiro atoms. The zero-order valence-corrected chi connectivity index (χ0v) is 13.4. The number of nitrogens with zero attached hydrogens (tertiary/aromatic N) is 3. The Bertz CT molecular complexity index is 883.